The molecule has 0 bridgehead atoms. The minimum absolute atomic E-state index is 0.616. The highest BCUT2D eigenvalue weighted by Crippen LogP contribution is 2.21. The number of anilines is 2. The molecule has 20 heavy (non-hydrogen) atoms. The molecule has 2 aromatic rings. The lowest BCUT2D eigenvalue weighted by molar-refractivity contribution is 0.938. The average Bonchev–Trinajstić information content (AvgIpc) is 2.52. The van der Waals surface area contributed by atoms with E-state index in [0.29, 0.717) is 11.6 Å². The topological polar surface area (TPSA) is 67.1 Å². The third-order valence-electron chi connectivity index (χ3n) is 2.91. The Morgan fingerprint density at radius 2 is 2.00 bits per heavy atom. The number of rotatable bonds is 6. The molecule has 0 aliphatic carbocycles. The summed E-state index contributed by atoms with van der Waals surface area (Å²) in [5.41, 5.74) is 3.58. The fraction of sp³-hybridized carbons (Fsp3) is 0.286. The van der Waals surface area contributed by atoms with E-state index in [0.717, 1.165) is 23.7 Å². The zero-order valence-electron chi connectivity index (χ0n) is 11.7. The summed E-state index contributed by atoms with van der Waals surface area (Å²) in [5, 5.41) is 0. The number of hydrogen-bond donors (Lipinski definition) is 2. The second-order valence-electron chi connectivity index (χ2n) is 4.36. The molecule has 0 aliphatic heterocycles. The number of nitrogens with zero attached hydrogens (tertiary/aromatic N) is 3. The molecule has 1 heterocycles. The van der Waals surface area contributed by atoms with E-state index in [4.69, 9.17) is 5.84 Å². The highest BCUT2D eigenvalue weighted by Gasteiger charge is 2.09. The molecule has 1 aromatic carbocycles. The lowest BCUT2D eigenvalue weighted by Crippen LogP contribution is -2.22. The maximum Gasteiger partial charge on any atom is 0.163 e. The molecule has 0 saturated carbocycles. The number of aromatic nitrogens is 2. The maximum atomic E-state index is 5.50. The van der Waals surface area contributed by atoms with Gasteiger partial charge in [0.1, 0.15) is 11.6 Å². The highest BCUT2D eigenvalue weighted by atomic mass is 32.2. The van der Waals surface area contributed by atoms with Crippen LogP contribution < -0.4 is 16.2 Å². The Morgan fingerprint density at radius 1 is 1.25 bits per heavy atom. The molecule has 3 N–H and O–H groups in total. The van der Waals surface area contributed by atoms with E-state index in [1.165, 1.54) is 0 Å². The third-order valence-corrected chi connectivity index (χ3v) is 3.51. The largest absolute Gasteiger partial charge is 0.359 e. The van der Waals surface area contributed by atoms with Crippen LogP contribution in [0.25, 0.3) is 11.4 Å². The lowest BCUT2D eigenvalue weighted by atomic mass is 10.2. The van der Waals surface area contributed by atoms with Crippen molar-refractivity contribution in [2.24, 2.45) is 5.84 Å². The van der Waals surface area contributed by atoms with Gasteiger partial charge in [-0.05, 0) is 6.26 Å². The van der Waals surface area contributed by atoms with Crippen molar-refractivity contribution in [3.05, 3.63) is 36.4 Å². The maximum absolute atomic E-state index is 5.50. The normalized spacial score (nSPS) is 10.3. The van der Waals surface area contributed by atoms with Crippen molar-refractivity contribution in [1.82, 2.24) is 9.97 Å². The summed E-state index contributed by atoms with van der Waals surface area (Å²) in [5.74, 6) is 8.70. The van der Waals surface area contributed by atoms with Crippen molar-refractivity contribution < 1.29 is 0 Å². The summed E-state index contributed by atoms with van der Waals surface area (Å²) in [6, 6.07) is 11.7. The van der Waals surface area contributed by atoms with Gasteiger partial charge in [0, 0.05) is 31.0 Å². The van der Waals surface area contributed by atoms with E-state index in [1.54, 1.807) is 0 Å². The number of nitrogens with one attached hydrogen (secondary N) is 1. The third kappa shape index (κ3) is 3.61. The zero-order chi connectivity index (χ0) is 14.4. The van der Waals surface area contributed by atoms with E-state index in [-0.39, 0.29) is 0 Å². The Hall–Kier alpha value is -1.79. The van der Waals surface area contributed by atoms with E-state index >= 15 is 0 Å². The van der Waals surface area contributed by atoms with Crippen LogP contribution in [0.3, 0.4) is 0 Å². The monoisotopic (exact) mass is 289 g/mol. The van der Waals surface area contributed by atoms with Crippen molar-refractivity contribution >= 4 is 23.4 Å². The number of benzene rings is 1. The SMILES string of the molecule is CSCCN(C)c1cc(NN)nc(-c2ccccc2)n1. The Balaban J connectivity index is 2.34. The van der Waals surface area contributed by atoms with E-state index in [9.17, 15) is 0 Å². The zero-order valence-corrected chi connectivity index (χ0v) is 12.5. The number of hydrogen-bond acceptors (Lipinski definition) is 6. The molecule has 106 valence electrons. The molecule has 0 aliphatic rings. The van der Waals surface area contributed by atoms with Gasteiger partial charge in [0.05, 0.1) is 0 Å². The van der Waals surface area contributed by atoms with Crippen LogP contribution in [0.15, 0.2) is 36.4 Å². The molecular formula is C14H19N5S. The molecule has 0 unspecified atom stereocenters. The van der Waals surface area contributed by atoms with Gasteiger partial charge in [-0.15, -0.1) is 0 Å². The van der Waals surface area contributed by atoms with Gasteiger partial charge < -0.3 is 10.3 Å². The molecule has 2 rings (SSSR count). The van der Waals surface area contributed by atoms with Gasteiger partial charge in [-0.3, -0.25) is 0 Å². The Kier molecular flexibility index (Phi) is 5.20. The summed E-state index contributed by atoms with van der Waals surface area (Å²) in [6.45, 7) is 0.927. The predicted octanol–water partition coefficient (Wildman–Crippen LogP) is 2.23. The van der Waals surface area contributed by atoms with Gasteiger partial charge in [0.15, 0.2) is 5.82 Å². The van der Waals surface area contributed by atoms with Gasteiger partial charge in [-0.25, -0.2) is 15.8 Å². The Morgan fingerprint density at radius 3 is 2.65 bits per heavy atom. The minimum atomic E-state index is 0.616. The number of hydrazine groups is 1. The fourth-order valence-corrected chi connectivity index (χ4v) is 2.22. The molecule has 0 radical (unpaired) electrons. The summed E-state index contributed by atoms with van der Waals surface area (Å²) in [6.07, 6.45) is 2.09. The molecule has 6 heteroatoms. The quantitative estimate of drug-likeness (QED) is 0.628. The molecule has 0 saturated heterocycles. The van der Waals surface area contributed by atoms with Gasteiger partial charge >= 0.3 is 0 Å². The van der Waals surface area contributed by atoms with Crippen LogP contribution in [0.2, 0.25) is 0 Å². The number of thioether (sulfide) groups is 1. The fourth-order valence-electron chi connectivity index (χ4n) is 1.76. The summed E-state index contributed by atoms with van der Waals surface area (Å²) in [4.78, 5) is 11.1. The highest BCUT2D eigenvalue weighted by molar-refractivity contribution is 7.98. The first kappa shape index (κ1) is 14.6. The molecule has 0 fully saturated rings. The van der Waals surface area contributed by atoms with Crippen LogP contribution in [-0.2, 0) is 0 Å². The van der Waals surface area contributed by atoms with Crippen LogP contribution >= 0.6 is 11.8 Å². The van der Waals surface area contributed by atoms with Gasteiger partial charge in [-0.1, -0.05) is 30.3 Å². The second kappa shape index (κ2) is 7.12. The van der Waals surface area contributed by atoms with Gasteiger partial charge in [0.2, 0.25) is 0 Å². The smallest absolute Gasteiger partial charge is 0.163 e. The Labute approximate surface area is 123 Å². The molecule has 0 amide bonds. The first-order valence-electron chi connectivity index (χ1n) is 6.36. The van der Waals surface area contributed by atoms with E-state index in [1.807, 2.05) is 55.2 Å². The van der Waals surface area contributed by atoms with Gasteiger partial charge in [0.25, 0.3) is 0 Å². The van der Waals surface area contributed by atoms with Gasteiger partial charge in [-0.2, -0.15) is 11.8 Å². The molecule has 1 aromatic heterocycles. The molecule has 5 nitrogen and oxygen atoms in total. The summed E-state index contributed by atoms with van der Waals surface area (Å²) < 4.78 is 0. The van der Waals surface area contributed by atoms with E-state index < -0.39 is 0 Å². The van der Waals surface area contributed by atoms with Crippen LogP contribution in [0.1, 0.15) is 0 Å². The number of nitrogen functional groups attached to an aromatic ring is 1. The lowest BCUT2D eigenvalue weighted by Gasteiger charge is -2.19. The number of nitrogens with two attached hydrogens (primary N) is 1. The van der Waals surface area contributed by atoms with Crippen molar-refractivity contribution in [3.8, 4) is 11.4 Å². The minimum Gasteiger partial charge on any atom is -0.359 e. The predicted molar refractivity (Wildman–Crippen MR) is 86.9 cm³/mol. The van der Waals surface area contributed by atoms with Crippen molar-refractivity contribution in [1.29, 1.82) is 0 Å². The summed E-state index contributed by atoms with van der Waals surface area (Å²) in [7, 11) is 2.02. The average molecular weight is 289 g/mol. The first-order valence-corrected chi connectivity index (χ1v) is 7.75. The molecular weight excluding hydrogens is 270 g/mol. The summed E-state index contributed by atoms with van der Waals surface area (Å²) >= 11 is 1.81. The van der Waals surface area contributed by atoms with Crippen LogP contribution in [0.5, 0.6) is 0 Å². The Bertz CT molecular complexity index is 547. The van der Waals surface area contributed by atoms with Crippen LogP contribution in [-0.4, -0.2) is 35.6 Å². The standard InChI is InChI=1S/C14H19N5S/c1-19(8-9-20-2)13-10-12(18-15)16-14(17-13)11-6-4-3-5-7-11/h3-7,10H,8-9,15H2,1-2H3,(H,16,17,18). The molecule has 0 atom stereocenters. The van der Waals surface area contributed by atoms with Crippen LogP contribution in [0, 0.1) is 0 Å². The van der Waals surface area contributed by atoms with Crippen molar-refractivity contribution in [3.63, 3.8) is 0 Å². The van der Waals surface area contributed by atoms with Crippen molar-refractivity contribution in [2.45, 2.75) is 0 Å². The van der Waals surface area contributed by atoms with E-state index in [2.05, 4.69) is 26.5 Å². The van der Waals surface area contributed by atoms with Crippen molar-refractivity contribution in [2.75, 3.05) is 35.9 Å². The first-order chi connectivity index (χ1) is 9.74. The van der Waals surface area contributed by atoms with Crippen LogP contribution in [0.4, 0.5) is 11.6 Å². The second-order valence-corrected chi connectivity index (χ2v) is 5.35. The molecule has 0 spiro atoms.